The van der Waals surface area contributed by atoms with E-state index in [-0.39, 0.29) is 5.75 Å². The fourth-order valence-corrected chi connectivity index (χ4v) is 0.803. The number of hydrazine groups is 1. The van der Waals surface area contributed by atoms with Gasteiger partial charge in [-0.05, 0) is 24.3 Å². The summed E-state index contributed by atoms with van der Waals surface area (Å²) in [7, 11) is 0. The topological polar surface area (TPSA) is 104 Å². The average Bonchev–Trinajstić information content (AvgIpc) is 2.15. The monoisotopic (exact) mass is 195 g/mol. The Morgan fingerprint density at radius 3 is 2.21 bits per heavy atom. The van der Waals surface area contributed by atoms with Crippen LogP contribution in [0.2, 0.25) is 0 Å². The van der Waals surface area contributed by atoms with Crippen molar-refractivity contribution in [2.45, 2.75) is 0 Å². The maximum atomic E-state index is 11.2. The summed E-state index contributed by atoms with van der Waals surface area (Å²) in [5.74, 6) is -0.451. The van der Waals surface area contributed by atoms with E-state index in [4.69, 9.17) is 10.8 Å². The van der Waals surface area contributed by atoms with Gasteiger partial charge in [0.15, 0.2) is 0 Å². The first-order chi connectivity index (χ1) is 6.59. The van der Waals surface area contributed by atoms with Crippen molar-refractivity contribution in [3.05, 3.63) is 29.8 Å². The first kappa shape index (κ1) is 9.85. The highest BCUT2D eigenvalue weighted by molar-refractivity contribution is 5.95. The number of carbonyl (C=O) groups excluding carboxylic acids is 2. The van der Waals surface area contributed by atoms with Crippen LogP contribution in [0.4, 0.5) is 4.79 Å². The Balaban J connectivity index is 2.61. The molecule has 0 aliphatic heterocycles. The van der Waals surface area contributed by atoms with E-state index < -0.39 is 11.9 Å². The van der Waals surface area contributed by atoms with E-state index in [1.807, 2.05) is 5.43 Å². The number of benzene rings is 1. The lowest BCUT2D eigenvalue weighted by Gasteiger charge is -2.04. The molecular weight excluding hydrogens is 186 g/mol. The average molecular weight is 195 g/mol. The largest absolute Gasteiger partial charge is 0.508 e. The van der Waals surface area contributed by atoms with E-state index in [1.165, 1.54) is 24.3 Å². The molecule has 0 bridgehead atoms. The molecule has 0 saturated carbocycles. The quantitative estimate of drug-likeness (QED) is 0.462. The normalized spacial score (nSPS) is 9.14. The number of rotatable bonds is 1. The predicted molar refractivity (Wildman–Crippen MR) is 48.3 cm³/mol. The summed E-state index contributed by atoms with van der Waals surface area (Å²) in [6.07, 6.45) is 0. The molecular formula is C8H9N3O3. The molecule has 0 saturated heterocycles. The first-order valence-electron chi connectivity index (χ1n) is 3.74. The molecule has 0 aliphatic rings. The standard InChI is InChI=1S/C8H9N3O3/c9-8(14)11-10-7(13)5-1-3-6(12)4-2-5/h1-4,12H,(H,10,13)(H3,9,11,14). The molecule has 14 heavy (non-hydrogen) atoms. The second-order valence-corrected chi connectivity index (χ2v) is 2.49. The maximum absolute atomic E-state index is 11.2. The van der Waals surface area contributed by atoms with Crippen molar-refractivity contribution in [2.75, 3.05) is 0 Å². The molecule has 0 aliphatic carbocycles. The van der Waals surface area contributed by atoms with Gasteiger partial charge in [0, 0.05) is 5.56 Å². The lowest BCUT2D eigenvalue weighted by atomic mass is 10.2. The molecule has 3 amide bonds. The molecule has 1 aromatic carbocycles. The first-order valence-corrected chi connectivity index (χ1v) is 3.74. The number of urea groups is 1. The number of phenols is 1. The van der Waals surface area contributed by atoms with Crippen molar-refractivity contribution in [1.29, 1.82) is 0 Å². The number of nitrogens with one attached hydrogen (secondary N) is 2. The van der Waals surface area contributed by atoms with Crippen LogP contribution in [0.3, 0.4) is 0 Å². The number of hydrogen-bond donors (Lipinski definition) is 4. The van der Waals surface area contributed by atoms with Crippen LogP contribution in [0.5, 0.6) is 5.75 Å². The van der Waals surface area contributed by atoms with E-state index in [1.54, 1.807) is 0 Å². The van der Waals surface area contributed by atoms with Crippen molar-refractivity contribution in [1.82, 2.24) is 10.9 Å². The third kappa shape index (κ3) is 2.67. The Kier molecular flexibility index (Phi) is 2.90. The van der Waals surface area contributed by atoms with Crippen molar-refractivity contribution < 1.29 is 14.7 Å². The zero-order valence-electron chi connectivity index (χ0n) is 7.15. The van der Waals surface area contributed by atoms with Crippen LogP contribution in [-0.2, 0) is 0 Å². The minimum atomic E-state index is -0.850. The van der Waals surface area contributed by atoms with Gasteiger partial charge >= 0.3 is 6.03 Å². The fourth-order valence-electron chi connectivity index (χ4n) is 0.803. The maximum Gasteiger partial charge on any atom is 0.330 e. The number of hydrogen-bond acceptors (Lipinski definition) is 3. The van der Waals surface area contributed by atoms with Crippen LogP contribution in [0.1, 0.15) is 10.4 Å². The molecule has 0 atom stereocenters. The molecule has 6 heteroatoms. The minimum absolute atomic E-state index is 0.0596. The van der Waals surface area contributed by atoms with Gasteiger partial charge in [0.05, 0.1) is 0 Å². The number of aromatic hydroxyl groups is 1. The number of primary amides is 1. The van der Waals surface area contributed by atoms with E-state index in [0.29, 0.717) is 5.56 Å². The van der Waals surface area contributed by atoms with E-state index in [0.717, 1.165) is 0 Å². The van der Waals surface area contributed by atoms with Gasteiger partial charge in [0.25, 0.3) is 5.91 Å². The molecule has 0 radical (unpaired) electrons. The lowest BCUT2D eigenvalue weighted by molar-refractivity contribution is 0.0937. The SMILES string of the molecule is NC(=O)NNC(=O)c1ccc(O)cc1. The summed E-state index contributed by atoms with van der Waals surface area (Å²) in [5, 5.41) is 8.94. The third-order valence-electron chi connectivity index (χ3n) is 1.43. The number of nitrogens with two attached hydrogens (primary N) is 1. The lowest BCUT2D eigenvalue weighted by Crippen LogP contribution is -2.44. The van der Waals surface area contributed by atoms with Crippen LogP contribution in [0, 0.1) is 0 Å². The van der Waals surface area contributed by atoms with Crippen molar-refractivity contribution in [2.24, 2.45) is 5.73 Å². The third-order valence-corrected chi connectivity index (χ3v) is 1.43. The number of carbonyl (C=O) groups is 2. The zero-order valence-corrected chi connectivity index (χ0v) is 7.15. The van der Waals surface area contributed by atoms with Gasteiger partial charge < -0.3 is 10.8 Å². The number of amides is 3. The van der Waals surface area contributed by atoms with Gasteiger partial charge in [-0.1, -0.05) is 0 Å². The Morgan fingerprint density at radius 2 is 1.71 bits per heavy atom. The predicted octanol–water partition coefficient (Wildman–Crippen LogP) is -0.295. The van der Waals surface area contributed by atoms with Gasteiger partial charge in [-0.3, -0.25) is 10.2 Å². The zero-order chi connectivity index (χ0) is 10.6. The van der Waals surface area contributed by atoms with Crippen molar-refractivity contribution in [3.8, 4) is 5.75 Å². The summed E-state index contributed by atoms with van der Waals surface area (Å²) in [5.41, 5.74) is 9.05. The Labute approximate surface area is 79.7 Å². The van der Waals surface area contributed by atoms with Gasteiger partial charge in [-0.25, -0.2) is 10.2 Å². The van der Waals surface area contributed by atoms with Gasteiger partial charge in [0.1, 0.15) is 5.75 Å². The molecule has 0 fully saturated rings. The smallest absolute Gasteiger partial charge is 0.330 e. The molecule has 0 unspecified atom stereocenters. The minimum Gasteiger partial charge on any atom is -0.508 e. The molecule has 1 aromatic rings. The Hall–Kier alpha value is -2.24. The van der Waals surface area contributed by atoms with Crippen LogP contribution >= 0.6 is 0 Å². The highest BCUT2D eigenvalue weighted by atomic mass is 16.3. The highest BCUT2D eigenvalue weighted by Gasteiger charge is 2.04. The summed E-state index contributed by atoms with van der Waals surface area (Å²) in [4.78, 5) is 21.4. The molecule has 0 heterocycles. The summed E-state index contributed by atoms with van der Waals surface area (Å²) < 4.78 is 0. The van der Waals surface area contributed by atoms with E-state index in [9.17, 15) is 9.59 Å². The summed E-state index contributed by atoms with van der Waals surface area (Å²) in [6, 6.07) is 4.69. The molecule has 0 spiro atoms. The van der Waals surface area contributed by atoms with Crippen LogP contribution < -0.4 is 16.6 Å². The second-order valence-electron chi connectivity index (χ2n) is 2.49. The Bertz CT molecular complexity index is 347. The second kappa shape index (κ2) is 4.13. The van der Waals surface area contributed by atoms with E-state index in [2.05, 4.69) is 5.43 Å². The van der Waals surface area contributed by atoms with Gasteiger partial charge in [-0.15, -0.1) is 0 Å². The molecule has 74 valence electrons. The Morgan fingerprint density at radius 1 is 1.14 bits per heavy atom. The summed E-state index contributed by atoms with van der Waals surface area (Å²) >= 11 is 0. The van der Waals surface area contributed by atoms with Crippen LogP contribution in [0.25, 0.3) is 0 Å². The molecule has 0 aromatic heterocycles. The molecule has 1 rings (SSSR count). The highest BCUT2D eigenvalue weighted by Crippen LogP contribution is 2.08. The van der Waals surface area contributed by atoms with Gasteiger partial charge in [0.2, 0.25) is 0 Å². The van der Waals surface area contributed by atoms with E-state index >= 15 is 0 Å². The summed E-state index contributed by atoms with van der Waals surface area (Å²) in [6.45, 7) is 0. The van der Waals surface area contributed by atoms with Gasteiger partial charge in [-0.2, -0.15) is 0 Å². The molecule has 5 N–H and O–H groups in total. The van der Waals surface area contributed by atoms with Crippen LogP contribution in [-0.4, -0.2) is 17.0 Å². The van der Waals surface area contributed by atoms with Crippen molar-refractivity contribution >= 4 is 11.9 Å². The number of phenolic OH excluding ortho intramolecular Hbond substituents is 1. The fraction of sp³-hybridized carbons (Fsp3) is 0. The van der Waals surface area contributed by atoms with Crippen LogP contribution in [0.15, 0.2) is 24.3 Å². The molecule has 6 nitrogen and oxygen atoms in total. The van der Waals surface area contributed by atoms with Crippen molar-refractivity contribution in [3.63, 3.8) is 0 Å².